The molecule has 0 aliphatic carbocycles. The predicted molar refractivity (Wildman–Crippen MR) is 181 cm³/mol. The van der Waals surface area contributed by atoms with Gasteiger partial charge in [-0.25, -0.2) is 18.2 Å². The van der Waals surface area contributed by atoms with Crippen LogP contribution in [0.2, 0.25) is 5.02 Å². The van der Waals surface area contributed by atoms with Crippen LogP contribution in [0, 0.1) is 0 Å². The van der Waals surface area contributed by atoms with Crippen LogP contribution in [0.3, 0.4) is 0 Å². The molecule has 0 spiro atoms. The molecule has 0 radical (unpaired) electrons. The second-order valence-electron chi connectivity index (χ2n) is 11.8. The average Bonchev–Trinajstić information content (AvgIpc) is 3.51. The van der Waals surface area contributed by atoms with Gasteiger partial charge in [0.2, 0.25) is 0 Å². The zero-order chi connectivity index (χ0) is 33.3. The van der Waals surface area contributed by atoms with E-state index >= 15 is 0 Å². The normalized spacial score (nSPS) is 12.4. The van der Waals surface area contributed by atoms with Gasteiger partial charge in [-0.15, -0.1) is 11.3 Å². The summed E-state index contributed by atoms with van der Waals surface area (Å²) in [5.41, 5.74) is 3.34. The number of hydrogen-bond donors (Lipinski definition) is 1. The molecule has 3 aromatic carbocycles. The largest absolute Gasteiger partial charge is 0.462 e. The van der Waals surface area contributed by atoms with E-state index in [0.29, 0.717) is 29.2 Å². The Morgan fingerprint density at radius 1 is 0.957 bits per heavy atom. The molecule has 1 aromatic heterocycles. The first-order valence-electron chi connectivity index (χ1n) is 15.1. The number of nitrogens with zero attached hydrogens (tertiary/aromatic N) is 1. The minimum atomic E-state index is -3.42. The van der Waals surface area contributed by atoms with E-state index in [4.69, 9.17) is 26.1 Å². The van der Waals surface area contributed by atoms with Crippen LogP contribution in [0.25, 0.3) is 0 Å². The molecule has 0 saturated heterocycles. The SMILES string of the molecule is CCOC(=O)C(NC(=O)c1cccc(CCc2nc(C(C)(C)C)cs2)c1)Oc1ccc(CCCS(=O)(=O)c2ccc(Cl)cc2)cc1. The second kappa shape index (κ2) is 15.7. The van der Waals surface area contributed by atoms with Crippen molar-refractivity contribution in [3.63, 3.8) is 0 Å². The third-order valence-electron chi connectivity index (χ3n) is 7.13. The quantitative estimate of drug-likeness (QED) is 0.113. The van der Waals surface area contributed by atoms with Gasteiger partial charge < -0.3 is 14.8 Å². The maximum absolute atomic E-state index is 13.2. The molecule has 8 nitrogen and oxygen atoms in total. The Morgan fingerprint density at radius 2 is 1.67 bits per heavy atom. The number of carbonyl (C=O) groups is 2. The van der Waals surface area contributed by atoms with Crippen molar-refractivity contribution < 1.29 is 27.5 Å². The Bertz CT molecular complexity index is 1730. The van der Waals surface area contributed by atoms with E-state index in [0.717, 1.165) is 34.7 Å². The number of nitrogens with one attached hydrogen (secondary N) is 1. The maximum atomic E-state index is 13.2. The molecule has 0 fully saturated rings. The van der Waals surface area contributed by atoms with E-state index in [9.17, 15) is 18.0 Å². The van der Waals surface area contributed by atoms with E-state index in [1.54, 1.807) is 66.8 Å². The van der Waals surface area contributed by atoms with Gasteiger partial charge in [-0.05, 0) is 85.8 Å². The van der Waals surface area contributed by atoms with E-state index in [-0.39, 0.29) is 22.7 Å². The Balaban J connectivity index is 1.34. The second-order valence-corrected chi connectivity index (χ2v) is 15.3. The summed E-state index contributed by atoms with van der Waals surface area (Å²) < 4.78 is 36.2. The number of sulfone groups is 1. The molecule has 11 heteroatoms. The number of halogens is 1. The zero-order valence-electron chi connectivity index (χ0n) is 26.4. The van der Waals surface area contributed by atoms with Crippen molar-refractivity contribution in [2.75, 3.05) is 12.4 Å². The Morgan fingerprint density at radius 3 is 2.33 bits per heavy atom. The topological polar surface area (TPSA) is 112 Å². The summed E-state index contributed by atoms with van der Waals surface area (Å²) in [6.45, 7) is 8.21. The number of aromatic nitrogens is 1. The van der Waals surface area contributed by atoms with Crippen molar-refractivity contribution in [1.29, 1.82) is 0 Å². The average molecular weight is 683 g/mol. The number of aryl methyl sites for hydroxylation is 3. The Labute approximate surface area is 280 Å². The molecule has 1 unspecified atom stereocenters. The highest BCUT2D eigenvalue weighted by Gasteiger charge is 2.25. The number of amides is 1. The Kier molecular flexibility index (Phi) is 12.0. The molecule has 0 bridgehead atoms. The number of thiazole rings is 1. The summed E-state index contributed by atoms with van der Waals surface area (Å²) in [7, 11) is -3.42. The van der Waals surface area contributed by atoms with Crippen molar-refractivity contribution >= 4 is 44.7 Å². The van der Waals surface area contributed by atoms with Gasteiger partial charge in [-0.2, -0.15) is 0 Å². The van der Waals surface area contributed by atoms with Gasteiger partial charge in [0, 0.05) is 27.8 Å². The minimum Gasteiger partial charge on any atom is -0.462 e. The number of ether oxygens (including phenoxy) is 2. The van der Waals surface area contributed by atoms with Crippen LogP contribution in [-0.4, -0.2) is 43.9 Å². The van der Waals surface area contributed by atoms with E-state index in [1.807, 2.05) is 12.1 Å². The molecule has 4 rings (SSSR count). The third kappa shape index (κ3) is 10.1. The van der Waals surface area contributed by atoms with Crippen molar-refractivity contribution in [2.45, 2.75) is 69.9 Å². The predicted octanol–water partition coefficient (Wildman–Crippen LogP) is 6.98. The lowest BCUT2D eigenvalue weighted by molar-refractivity contribution is -0.152. The molecule has 0 saturated carbocycles. The summed E-state index contributed by atoms with van der Waals surface area (Å²) in [4.78, 5) is 30.9. The van der Waals surface area contributed by atoms with Gasteiger partial charge in [-0.3, -0.25) is 4.79 Å². The van der Waals surface area contributed by atoms with Crippen LogP contribution in [0.1, 0.15) is 66.3 Å². The Hall–Kier alpha value is -3.73. The first kappa shape index (κ1) is 35.1. The first-order chi connectivity index (χ1) is 21.8. The molecular weight excluding hydrogens is 644 g/mol. The molecule has 46 heavy (non-hydrogen) atoms. The summed E-state index contributed by atoms with van der Waals surface area (Å²) in [6, 6.07) is 20.3. The highest BCUT2D eigenvalue weighted by molar-refractivity contribution is 7.91. The fraction of sp³-hybridized carbons (Fsp3) is 0.343. The van der Waals surface area contributed by atoms with Crippen LogP contribution >= 0.6 is 22.9 Å². The lowest BCUT2D eigenvalue weighted by Crippen LogP contribution is -2.46. The van der Waals surface area contributed by atoms with Crippen molar-refractivity contribution in [3.8, 4) is 5.75 Å². The number of carbonyl (C=O) groups excluding carboxylic acids is 2. The fourth-order valence-electron chi connectivity index (χ4n) is 4.54. The molecular formula is C35H39ClN2O6S2. The summed E-state index contributed by atoms with van der Waals surface area (Å²) in [5.74, 6) is -0.846. The maximum Gasteiger partial charge on any atom is 0.369 e. The molecule has 1 N–H and O–H groups in total. The van der Waals surface area contributed by atoms with Crippen LogP contribution in [0.4, 0.5) is 0 Å². The van der Waals surface area contributed by atoms with Gasteiger partial charge >= 0.3 is 5.97 Å². The highest BCUT2D eigenvalue weighted by atomic mass is 35.5. The van der Waals surface area contributed by atoms with Crippen LogP contribution < -0.4 is 10.1 Å². The van der Waals surface area contributed by atoms with Gasteiger partial charge in [-0.1, -0.05) is 56.6 Å². The van der Waals surface area contributed by atoms with E-state index < -0.39 is 27.9 Å². The van der Waals surface area contributed by atoms with Crippen LogP contribution in [-0.2, 0) is 44.0 Å². The fourth-order valence-corrected chi connectivity index (χ4v) is 7.00. The summed E-state index contributed by atoms with van der Waals surface area (Å²) in [5, 5.41) is 6.27. The summed E-state index contributed by atoms with van der Waals surface area (Å²) in [6.07, 6.45) is 1.07. The first-order valence-corrected chi connectivity index (χ1v) is 18.0. The van der Waals surface area contributed by atoms with Gasteiger partial charge in [0.1, 0.15) is 5.75 Å². The highest BCUT2D eigenvalue weighted by Crippen LogP contribution is 2.25. The van der Waals surface area contributed by atoms with Crippen molar-refractivity contribution in [2.24, 2.45) is 0 Å². The molecule has 0 aliphatic heterocycles. The minimum absolute atomic E-state index is 0.00335. The molecule has 1 amide bonds. The number of hydrogen-bond acceptors (Lipinski definition) is 8. The number of benzene rings is 3. The third-order valence-corrected chi connectivity index (χ3v) is 10.1. The van der Waals surface area contributed by atoms with Gasteiger partial charge in [0.25, 0.3) is 12.1 Å². The molecule has 1 atom stereocenters. The van der Waals surface area contributed by atoms with Crippen molar-refractivity contribution in [1.82, 2.24) is 10.3 Å². The van der Waals surface area contributed by atoms with Crippen LogP contribution in [0.5, 0.6) is 5.75 Å². The van der Waals surface area contributed by atoms with E-state index in [1.165, 1.54) is 12.1 Å². The number of rotatable bonds is 14. The van der Waals surface area contributed by atoms with E-state index in [2.05, 4.69) is 31.5 Å². The van der Waals surface area contributed by atoms with Gasteiger partial charge in [0.05, 0.1) is 28.0 Å². The molecule has 244 valence electrons. The molecule has 1 heterocycles. The lowest BCUT2D eigenvalue weighted by Gasteiger charge is -2.19. The standard InChI is InChI=1S/C35H39ClN2O6S2/c1-5-43-34(40)33(38-32(39)26-10-6-8-25(22-26)13-20-31-37-30(23-45-31)35(2,3)4)44-28-16-11-24(12-17-28)9-7-21-46(41,42)29-18-14-27(36)15-19-29/h6,8,10-12,14-19,22-23,33H,5,7,9,13,20-21H2,1-4H3,(H,38,39). The monoisotopic (exact) mass is 682 g/mol. The smallest absolute Gasteiger partial charge is 0.369 e. The van der Waals surface area contributed by atoms with Gasteiger partial charge in [0.15, 0.2) is 9.84 Å². The molecule has 0 aliphatic rings. The summed E-state index contributed by atoms with van der Waals surface area (Å²) >= 11 is 7.51. The number of esters is 1. The van der Waals surface area contributed by atoms with Crippen LogP contribution in [0.15, 0.2) is 83.1 Å². The molecule has 4 aromatic rings. The van der Waals surface area contributed by atoms with Crippen molar-refractivity contribution in [3.05, 3.63) is 111 Å². The zero-order valence-corrected chi connectivity index (χ0v) is 28.8. The lowest BCUT2D eigenvalue weighted by atomic mass is 9.93.